The molecule has 2 nitrogen and oxygen atoms in total. The van der Waals surface area contributed by atoms with Crippen molar-refractivity contribution in [1.29, 1.82) is 0 Å². The highest BCUT2D eigenvalue weighted by atomic mass is 16.5. The van der Waals surface area contributed by atoms with Gasteiger partial charge in [-0.3, -0.25) is 4.79 Å². The van der Waals surface area contributed by atoms with Crippen LogP contribution in [-0.4, -0.2) is 12.9 Å². The predicted molar refractivity (Wildman–Crippen MR) is 118 cm³/mol. The minimum Gasteiger partial charge on any atom is -0.369 e. The molecule has 1 unspecified atom stereocenters. The number of carbonyl (C=O) groups excluding carboxylic acids is 1. The number of benzene rings is 4. The summed E-state index contributed by atoms with van der Waals surface area (Å²) in [4.78, 5) is 13.1. The lowest BCUT2D eigenvalue weighted by molar-refractivity contribution is 0.0604. The van der Waals surface area contributed by atoms with Crippen molar-refractivity contribution < 1.29 is 9.53 Å². The third-order valence-electron chi connectivity index (χ3n) is 5.07. The van der Waals surface area contributed by atoms with Gasteiger partial charge in [0, 0.05) is 12.7 Å². The van der Waals surface area contributed by atoms with Crippen molar-refractivity contribution >= 4 is 5.78 Å². The van der Waals surface area contributed by atoms with Crippen LogP contribution in [0.1, 0.15) is 22.0 Å². The molecule has 0 aliphatic heterocycles. The summed E-state index contributed by atoms with van der Waals surface area (Å²) in [5.74, 6) is -0.0421. The highest BCUT2D eigenvalue weighted by molar-refractivity contribution is 6.00. The third kappa shape index (κ3) is 4.18. The molecule has 0 heterocycles. The first kappa shape index (κ1) is 18.9. The lowest BCUT2D eigenvalue weighted by Crippen LogP contribution is -2.14. The van der Waals surface area contributed by atoms with Crippen LogP contribution in [0.5, 0.6) is 0 Å². The molecule has 0 aromatic heterocycles. The van der Waals surface area contributed by atoms with Gasteiger partial charge < -0.3 is 4.74 Å². The molecule has 29 heavy (non-hydrogen) atoms. The van der Waals surface area contributed by atoms with Crippen molar-refractivity contribution in [1.82, 2.24) is 0 Å². The molecule has 0 fully saturated rings. The number of hydrogen-bond acceptors (Lipinski definition) is 2. The Bertz CT molecular complexity index is 1070. The van der Waals surface area contributed by atoms with Crippen LogP contribution in [0.3, 0.4) is 0 Å². The average Bonchev–Trinajstić information content (AvgIpc) is 2.81. The second kappa shape index (κ2) is 8.68. The number of hydrogen-bond donors (Lipinski definition) is 0. The third-order valence-corrected chi connectivity index (χ3v) is 5.07. The van der Waals surface area contributed by atoms with Gasteiger partial charge in [0.1, 0.15) is 6.10 Å². The van der Waals surface area contributed by atoms with Crippen molar-refractivity contribution in [2.75, 3.05) is 7.11 Å². The summed E-state index contributed by atoms with van der Waals surface area (Å²) in [7, 11) is 1.58. The normalized spacial score (nSPS) is 11.8. The van der Waals surface area contributed by atoms with Gasteiger partial charge in [0.2, 0.25) is 0 Å². The van der Waals surface area contributed by atoms with Gasteiger partial charge in [-0.05, 0) is 27.8 Å². The fourth-order valence-corrected chi connectivity index (χ4v) is 3.48. The van der Waals surface area contributed by atoms with Gasteiger partial charge in [-0.1, -0.05) is 109 Å². The number of Topliss-reactive ketones (excluding diaryl/α,β-unsaturated/α-hetero) is 1. The number of ether oxygens (including phenoxy) is 1. The summed E-state index contributed by atoms with van der Waals surface area (Å²) >= 11 is 0. The SMILES string of the molecule is COC(C(=O)c1ccc(-c2ccccc2)cc1)c1ccc(-c2ccccc2)cc1. The molecule has 0 saturated heterocycles. The summed E-state index contributed by atoms with van der Waals surface area (Å²) in [6, 6.07) is 36.0. The van der Waals surface area contributed by atoms with Crippen LogP contribution in [-0.2, 0) is 4.74 Å². The van der Waals surface area contributed by atoms with Crippen LogP contribution >= 0.6 is 0 Å². The largest absolute Gasteiger partial charge is 0.369 e. The second-order valence-corrected chi connectivity index (χ2v) is 6.91. The fourth-order valence-electron chi connectivity index (χ4n) is 3.48. The van der Waals surface area contributed by atoms with E-state index in [1.807, 2.05) is 84.9 Å². The summed E-state index contributed by atoms with van der Waals surface area (Å²) in [6.45, 7) is 0. The maximum absolute atomic E-state index is 13.1. The van der Waals surface area contributed by atoms with Crippen molar-refractivity contribution in [2.24, 2.45) is 0 Å². The Hall–Kier alpha value is -3.49. The van der Waals surface area contributed by atoms with Gasteiger partial charge in [0.15, 0.2) is 5.78 Å². The molecule has 4 rings (SSSR count). The first-order chi connectivity index (χ1) is 14.3. The van der Waals surface area contributed by atoms with E-state index in [2.05, 4.69) is 24.3 Å². The van der Waals surface area contributed by atoms with Gasteiger partial charge in [-0.2, -0.15) is 0 Å². The van der Waals surface area contributed by atoms with Crippen LogP contribution in [0.4, 0.5) is 0 Å². The molecule has 0 aliphatic rings. The van der Waals surface area contributed by atoms with Gasteiger partial charge in [0.05, 0.1) is 0 Å². The molecule has 0 N–H and O–H groups in total. The summed E-state index contributed by atoms with van der Waals surface area (Å²) in [5.41, 5.74) is 5.97. The average molecular weight is 378 g/mol. The maximum Gasteiger partial charge on any atom is 0.196 e. The van der Waals surface area contributed by atoms with E-state index < -0.39 is 6.10 Å². The molecular weight excluding hydrogens is 356 g/mol. The smallest absolute Gasteiger partial charge is 0.196 e. The van der Waals surface area contributed by atoms with Crippen LogP contribution in [0.15, 0.2) is 109 Å². The Balaban J connectivity index is 1.55. The van der Waals surface area contributed by atoms with Crippen LogP contribution in [0.2, 0.25) is 0 Å². The second-order valence-electron chi connectivity index (χ2n) is 6.91. The quantitative estimate of drug-likeness (QED) is 0.354. The Kier molecular flexibility index (Phi) is 5.64. The molecule has 0 spiro atoms. The highest BCUT2D eigenvalue weighted by Gasteiger charge is 2.21. The van der Waals surface area contributed by atoms with E-state index in [0.717, 1.165) is 27.8 Å². The minimum absolute atomic E-state index is 0.0421. The van der Waals surface area contributed by atoms with Crippen molar-refractivity contribution in [3.63, 3.8) is 0 Å². The molecule has 0 amide bonds. The molecule has 0 aliphatic carbocycles. The molecule has 1 atom stereocenters. The number of ketones is 1. The minimum atomic E-state index is -0.623. The zero-order valence-corrected chi connectivity index (χ0v) is 16.3. The Labute approximate surface area is 171 Å². The lowest BCUT2D eigenvalue weighted by atomic mass is 9.96. The number of rotatable bonds is 6. The fraction of sp³-hybridized carbons (Fsp3) is 0.0741. The van der Waals surface area contributed by atoms with Gasteiger partial charge in [0.25, 0.3) is 0 Å². The first-order valence-electron chi connectivity index (χ1n) is 9.64. The molecule has 0 saturated carbocycles. The van der Waals surface area contributed by atoms with Crippen LogP contribution < -0.4 is 0 Å². The van der Waals surface area contributed by atoms with E-state index in [9.17, 15) is 4.79 Å². The van der Waals surface area contributed by atoms with Crippen molar-refractivity contribution in [3.05, 3.63) is 120 Å². The first-order valence-corrected chi connectivity index (χ1v) is 9.64. The lowest BCUT2D eigenvalue weighted by Gasteiger charge is -2.16. The van der Waals surface area contributed by atoms with E-state index in [-0.39, 0.29) is 5.78 Å². The van der Waals surface area contributed by atoms with Gasteiger partial charge in [-0.25, -0.2) is 0 Å². The van der Waals surface area contributed by atoms with Crippen LogP contribution in [0.25, 0.3) is 22.3 Å². The zero-order chi connectivity index (χ0) is 20.1. The van der Waals surface area contributed by atoms with E-state index in [4.69, 9.17) is 4.74 Å². The van der Waals surface area contributed by atoms with Crippen LogP contribution in [0, 0.1) is 0 Å². The van der Waals surface area contributed by atoms with Crippen molar-refractivity contribution in [2.45, 2.75) is 6.10 Å². The zero-order valence-electron chi connectivity index (χ0n) is 16.3. The van der Waals surface area contributed by atoms with E-state index in [1.54, 1.807) is 7.11 Å². The molecule has 2 heteroatoms. The van der Waals surface area contributed by atoms with E-state index in [0.29, 0.717) is 5.56 Å². The van der Waals surface area contributed by atoms with Gasteiger partial charge >= 0.3 is 0 Å². The Morgan fingerprint density at radius 3 is 1.45 bits per heavy atom. The highest BCUT2D eigenvalue weighted by Crippen LogP contribution is 2.27. The standard InChI is InChI=1S/C27H22O2/c1-29-27(25-18-14-23(15-19-25)21-10-6-3-7-11-21)26(28)24-16-12-22(13-17-24)20-8-4-2-5-9-20/h2-19,27H,1H3. The number of carbonyl (C=O) groups is 1. The number of methoxy groups -OCH3 is 1. The summed E-state index contributed by atoms with van der Waals surface area (Å²) in [6.07, 6.45) is -0.623. The molecule has 4 aromatic carbocycles. The van der Waals surface area contributed by atoms with Crippen molar-refractivity contribution in [3.8, 4) is 22.3 Å². The summed E-state index contributed by atoms with van der Waals surface area (Å²) in [5, 5.41) is 0. The molecule has 142 valence electrons. The molecule has 0 radical (unpaired) electrons. The van der Waals surface area contributed by atoms with Gasteiger partial charge in [-0.15, -0.1) is 0 Å². The Morgan fingerprint density at radius 2 is 1.00 bits per heavy atom. The summed E-state index contributed by atoms with van der Waals surface area (Å²) < 4.78 is 5.56. The van der Waals surface area contributed by atoms with E-state index in [1.165, 1.54) is 0 Å². The maximum atomic E-state index is 13.1. The topological polar surface area (TPSA) is 26.3 Å². The predicted octanol–water partition coefficient (Wildman–Crippen LogP) is 6.59. The monoisotopic (exact) mass is 378 g/mol. The molecule has 4 aromatic rings. The molecular formula is C27H22O2. The van der Waals surface area contributed by atoms with E-state index >= 15 is 0 Å². The molecule has 0 bridgehead atoms. The Morgan fingerprint density at radius 1 is 0.586 bits per heavy atom.